The molecule has 3 heteroatoms. The van der Waals surface area contributed by atoms with Gasteiger partial charge in [-0.15, -0.1) is 0 Å². The number of rotatable bonds is 1. The van der Waals surface area contributed by atoms with Gasteiger partial charge in [0.05, 0.1) is 0 Å². The Bertz CT molecular complexity index is 318. The van der Waals surface area contributed by atoms with E-state index in [1.165, 1.54) is 31.4 Å². The van der Waals surface area contributed by atoms with Crippen molar-refractivity contribution >= 4 is 0 Å². The average molecular weight is 166 g/mol. The summed E-state index contributed by atoms with van der Waals surface area (Å²) in [6.07, 6.45) is 5.10. The number of aromatic nitrogens is 2. The molecule has 1 aliphatic carbocycles. The van der Waals surface area contributed by atoms with Gasteiger partial charge in [-0.2, -0.15) is 0 Å². The normalized spacial score (nSPS) is 18.8. The summed E-state index contributed by atoms with van der Waals surface area (Å²) in [7, 11) is 1.91. The number of hydrogen-bond donors (Lipinski definition) is 1. The van der Waals surface area contributed by atoms with Crippen molar-refractivity contribution < 1.29 is 0 Å². The van der Waals surface area contributed by atoms with Crippen LogP contribution in [0.1, 0.15) is 37.3 Å². The van der Waals surface area contributed by atoms with Crippen LogP contribution in [0.4, 0.5) is 0 Å². The topological polar surface area (TPSA) is 37.8 Å². The van der Waals surface area contributed by atoms with Crippen LogP contribution in [0.5, 0.6) is 0 Å². The van der Waals surface area contributed by atoms with Crippen LogP contribution < -0.4 is 5.56 Å². The minimum absolute atomic E-state index is 0.0272. The van der Waals surface area contributed by atoms with E-state index >= 15 is 0 Å². The number of nitrogens with zero attached hydrogens (tertiary/aromatic N) is 1. The molecule has 12 heavy (non-hydrogen) atoms. The smallest absolute Gasteiger partial charge is 0.264 e. The zero-order valence-corrected chi connectivity index (χ0v) is 7.34. The maximum atomic E-state index is 11.0. The summed E-state index contributed by atoms with van der Waals surface area (Å²) in [6, 6.07) is 1.73. The summed E-state index contributed by atoms with van der Waals surface area (Å²) in [4.78, 5) is 11.0. The SMILES string of the molecule is Cn1[nH]c(=O)cc1C1CCCC1. The summed E-state index contributed by atoms with van der Waals surface area (Å²) >= 11 is 0. The van der Waals surface area contributed by atoms with Gasteiger partial charge in [-0.05, 0) is 12.8 Å². The van der Waals surface area contributed by atoms with Gasteiger partial charge in [0.2, 0.25) is 0 Å². The molecule has 0 radical (unpaired) electrons. The number of nitrogens with one attached hydrogen (secondary N) is 1. The van der Waals surface area contributed by atoms with Gasteiger partial charge in [-0.1, -0.05) is 12.8 Å². The minimum atomic E-state index is 0.0272. The number of aryl methyl sites for hydroxylation is 1. The molecule has 1 N–H and O–H groups in total. The highest BCUT2D eigenvalue weighted by molar-refractivity contribution is 5.09. The third kappa shape index (κ3) is 1.19. The Morgan fingerprint density at radius 3 is 2.67 bits per heavy atom. The third-order valence-corrected chi connectivity index (χ3v) is 2.72. The van der Waals surface area contributed by atoms with E-state index in [0.717, 1.165) is 0 Å². The Morgan fingerprint density at radius 2 is 2.17 bits per heavy atom. The van der Waals surface area contributed by atoms with E-state index < -0.39 is 0 Å². The highest BCUT2D eigenvalue weighted by Gasteiger charge is 2.19. The molecule has 0 aliphatic heterocycles. The molecule has 0 bridgehead atoms. The van der Waals surface area contributed by atoms with E-state index in [2.05, 4.69) is 5.10 Å². The molecule has 0 saturated heterocycles. The fraction of sp³-hybridized carbons (Fsp3) is 0.667. The maximum absolute atomic E-state index is 11.0. The summed E-state index contributed by atoms with van der Waals surface area (Å²) in [6.45, 7) is 0. The van der Waals surface area contributed by atoms with Crippen LogP contribution in [0.2, 0.25) is 0 Å². The van der Waals surface area contributed by atoms with Crippen molar-refractivity contribution in [3.63, 3.8) is 0 Å². The number of aromatic amines is 1. The van der Waals surface area contributed by atoms with Crippen LogP contribution in [0.25, 0.3) is 0 Å². The predicted octanol–water partition coefficient (Wildman–Crippen LogP) is 1.37. The molecule has 0 amide bonds. The molecule has 0 aromatic carbocycles. The first-order valence-electron chi connectivity index (χ1n) is 4.53. The average Bonchev–Trinajstić information content (AvgIpc) is 2.58. The lowest BCUT2D eigenvalue weighted by molar-refractivity contribution is 0.615. The van der Waals surface area contributed by atoms with Gasteiger partial charge >= 0.3 is 0 Å². The Hall–Kier alpha value is -0.990. The molecule has 1 aromatic heterocycles. The van der Waals surface area contributed by atoms with Crippen molar-refractivity contribution in [3.8, 4) is 0 Å². The van der Waals surface area contributed by atoms with Gasteiger partial charge in [0, 0.05) is 24.7 Å². The zero-order valence-electron chi connectivity index (χ0n) is 7.34. The first-order chi connectivity index (χ1) is 5.77. The van der Waals surface area contributed by atoms with E-state index in [1.54, 1.807) is 6.07 Å². The largest absolute Gasteiger partial charge is 0.292 e. The van der Waals surface area contributed by atoms with Crippen LogP contribution in [-0.2, 0) is 7.05 Å². The molecule has 1 saturated carbocycles. The van der Waals surface area contributed by atoms with Crippen LogP contribution in [-0.4, -0.2) is 9.78 Å². The molecule has 1 aromatic rings. The van der Waals surface area contributed by atoms with E-state index in [9.17, 15) is 4.79 Å². The molecular weight excluding hydrogens is 152 g/mol. The number of hydrogen-bond acceptors (Lipinski definition) is 1. The monoisotopic (exact) mass is 166 g/mol. The second-order valence-electron chi connectivity index (χ2n) is 3.59. The zero-order chi connectivity index (χ0) is 8.55. The lowest BCUT2D eigenvalue weighted by Crippen LogP contribution is -2.03. The van der Waals surface area contributed by atoms with Crippen LogP contribution in [0.15, 0.2) is 10.9 Å². The molecule has 1 heterocycles. The highest BCUT2D eigenvalue weighted by Crippen LogP contribution is 2.32. The Morgan fingerprint density at radius 1 is 1.50 bits per heavy atom. The van der Waals surface area contributed by atoms with Crippen LogP contribution >= 0.6 is 0 Å². The molecular formula is C9H14N2O. The van der Waals surface area contributed by atoms with Gasteiger partial charge < -0.3 is 0 Å². The van der Waals surface area contributed by atoms with Crippen LogP contribution in [0.3, 0.4) is 0 Å². The van der Waals surface area contributed by atoms with E-state index in [4.69, 9.17) is 0 Å². The highest BCUT2D eigenvalue weighted by atomic mass is 16.1. The second-order valence-corrected chi connectivity index (χ2v) is 3.59. The van der Waals surface area contributed by atoms with E-state index in [-0.39, 0.29) is 5.56 Å². The van der Waals surface area contributed by atoms with Crippen LogP contribution in [0, 0.1) is 0 Å². The molecule has 0 unspecified atom stereocenters. The van der Waals surface area contributed by atoms with Crippen molar-refractivity contribution in [2.24, 2.45) is 7.05 Å². The van der Waals surface area contributed by atoms with Gasteiger partial charge in [0.1, 0.15) is 0 Å². The second kappa shape index (κ2) is 2.81. The maximum Gasteiger partial charge on any atom is 0.264 e. The van der Waals surface area contributed by atoms with Gasteiger partial charge in [-0.3, -0.25) is 14.6 Å². The summed E-state index contributed by atoms with van der Waals surface area (Å²) in [5.74, 6) is 0.619. The van der Waals surface area contributed by atoms with E-state index in [1.807, 2.05) is 11.7 Å². The summed E-state index contributed by atoms with van der Waals surface area (Å²) in [5.41, 5.74) is 1.21. The Labute approximate surface area is 71.4 Å². The Kier molecular flexibility index (Phi) is 1.79. The molecule has 3 nitrogen and oxygen atoms in total. The number of H-pyrrole nitrogens is 1. The molecule has 66 valence electrons. The van der Waals surface area contributed by atoms with Crippen molar-refractivity contribution in [3.05, 3.63) is 22.1 Å². The standard InChI is InChI=1S/C9H14N2O/c1-11-8(6-9(12)10-11)7-4-2-3-5-7/h6-7H,2-5H2,1H3,(H,10,12). The van der Waals surface area contributed by atoms with Crippen molar-refractivity contribution in [1.29, 1.82) is 0 Å². The molecule has 1 fully saturated rings. The fourth-order valence-electron chi connectivity index (χ4n) is 2.11. The third-order valence-electron chi connectivity index (χ3n) is 2.72. The predicted molar refractivity (Wildman–Crippen MR) is 47.2 cm³/mol. The molecule has 2 rings (SSSR count). The van der Waals surface area contributed by atoms with Gasteiger partial charge in [-0.25, -0.2) is 0 Å². The van der Waals surface area contributed by atoms with Gasteiger partial charge in [0.15, 0.2) is 0 Å². The van der Waals surface area contributed by atoms with E-state index in [0.29, 0.717) is 5.92 Å². The lowest BCUT2D eigenvalue weighted by Gasteiger charge is -2.08. The molecule has 0 spiro atoms. The van der Waals surface area contributed by atoms with Crippen molar-refractivity contribution in [1.82, 2.24) is 9.78 Å². The minimum Gasteiger partial charge on any atom is -0.292 e. The summed E-state index contributed by atoms with van der Waals surface area (Å²) in [5, 5.41) is 2.75. The first kappa shape index (κ1) is 7.65. The fourth-order valence-corrected chi connectivity index (χ4v) is 2.11. The quantitative estimate of drug-likeness (QED) is 0.672. The molecule has 0 atom stereocenters. The first-order valence-corrected chi connectivity index (χ1v) is 4.53. The van der Waals surface area contributed by atoms with Gasteiger partial charge in [0.25, 0.3) is 5.56 Å². The lowest BCUT2D eigenvalue weighted by atomic mass is 10.0. The summed E-state index contributed by atoms with van der Waals surface area (Å²) < 4.78 is 1.86. The molecule has 1 aliphatic rings. The van der Waals surface area contributed by atoms with Crippen molar-refractivity contribution in [2.45, 2.75) is 31.6 Å². The van der Waals surface area contributed by atoms with Crippen molar-refractivity contribution in [2.75, 3.05) is 0 Å². The Balaban J connectivity index is 2.31.